The zero-order valence-corrected chi connectivity index (χ0v) is 12.0. The van der Waals surface area contributed by atoms with Gasteiger partial charge in [0.15, 0.2) is 5.78 Å². The molecule has 0 bridgehead atoms. The van der Waals surface area contributed by atoms with Crippen LogP contribution in [0.1, 0.15) is 30.1 Å². The molecule has 0 spiro atoms. The molecule has 0 radical (unpaired) electrons. The van der Waals surface area contributed by atoms with Crippen LogP contribution in [0, 0.1) is 0 Å². The molecule has 1 unspecified atom stereocenters. The molecule has 3 nitrogen and oxygen atoms in total. The third kappa shape index (κ3) is 4.03. The molecule has 1 aromatic carbocycles. The summed E-state index contributed by atoms with van der Waals surface area (Å²) in [6.07, 6.45) is 1.85. The second-order valence-electron chi connectivity index (χ2n) is 4.85. The number of morpholine rings is 1. The van der Waals surface area contributed by atoms with E-state index in [2.05, 4.69) is 11.8 Å². The number of rotatable bonds is 5. The van der Waals surface area contributed by atoms with Crippen molar-refractivity contribution in [2.45, 2.75) is 25.9 Å². The van der Waals surface area contributed by atoms with Gasteiger partial charge in [-0.15, -0.1) is 0 Å². The van der Waals surface area contributed by atoms with Crippen LogP contribution in [0.5, 0.6) is 0 Å². The molecule has 1 aromatic rings. The summed E-state index contributed by atoms with van der Waals surface area (Å²) in [7, 11) is 0. The highest BCUT2D eigenvalue weighted by molar-refractivity contribution is 6.33. The van der Waals surface area contributed by atoms with Gasteiger partial charge in [0.05, 0.1) is 17.7 Å². The van der Waals surface area contributed by atoms with Crippen molar-refractivity contribution in [2.75, 3.05) is 26.2 Å². The van der Waals surface area contributed by atoms with Crippen molar-refractivity contribution < 1.29 is 9.53 Å². The van der Waals surface area contributed by atoms with Crippen molar-refractivity contribution in [3.63, 3.8) is 0 Å². The molecule has 0 aromatic heterocycles. The maximum absolute atomic E-state index is 12.1. The normalized spacial score (nSPS) is 20.4. The summed E-state index contributed by atoms with van der Waals surface area (Å²) in [5.41, 5.74) is 0.629. The van der Waals surface area contributed by atoms with Gasteiger partial charge < -0.3 is 4.74 Å². The van der Waals surface area contributed by atoms with Gasteiger partial charge in [0.25, 0.3) is 0 Å². The number of carbonyl (C=O) groups is 1. The number of halogens is 1. The minimum Gasteiger partial charge on any atom is -0.376 e. The van der Waals surface area contributed by atoms with Crippen LogP contribution in [-0.2, 0) is 4.74 Å². The number of hydrogen-bond acceptors (Lipinski definition) is 3. The van der Waals surface area contributed by atoms with E-state index in [-0.39, 0.29) is 5.78 Å². The summed E-state index contributed by atoms with van der Waals surface area (Å²) in [6, 6.07) is 7.24. The molecule has 4 heteroatoms. The Labute approximate surface area is 119 Å². The van der Waals surface area contributed by atoms with Crippen molar-refractivity contribution in [3.8, 4) is 0 Å². The first kappa shape index (κ1) is 14.5. The molecule has 0 aliphatic carbocycles. The van der Waals surface area contributed by atoms with Gasteiger partial charge in [-0.2, -0.15) is 0 Å². The van der Waals surface area contributed by atoms with Crippen LogP contribution in [0.3, 0.4) is 0 Å². The number of benzene rings is 1. The fourth-order valence-electron chi connectivity index (χ4n) is 2.31. The van der Waals surface area contributed by atoms with E-state index in [9.17, 15) is 4.79 Å². The average molecular weight is 282 g/mol. The summed E-state index contributed by atoms with van der Waals surface area (Å²) in [5, 5.41) is 0.543. The maximum atomic E-state index is 12.1. The lowest BCUT2D eigenvalue weighted by molar-refractivity contribution is -0.0293. The zero-order chi connectivity index (χ0) is 13.7. The monoisotopic (exact) mass is 281 g/mol. The second kappa shape index (κ2) is 7.04. The van der Waals surface area contributed by atoms with Crippen molar-refractivity contribution >= 4 is 17.4 Å². The van der Waals surface area contributed by atoms with Crippen molar-refractivity contribution in [1.29, 1.82) is 0 Å². The van der Waals surface area contributed by atoms with Gasteiger partial charge in [0.2, 0.25) is 0 Å². The second-order valence-corrected chi connectivity index (χ2v) is 5.26. The largest absolute Gasteiger partial charge is 0.376 e. The molecule has 2 rings (SSSR count). The smallest absolute Gasteiger partial charge is 0.165 e. The SMILES string of the molecule is CCC1CN(CCC(=O)c2ccccc2Cl)CCO1. The Balaban J connectivity index is 1.85. The number of Topliss-reactive ketones (excluding diaryl/α,β-unsaturated/α-hetero) is 1. The Morgan fingerprint density at radius 2 is 2.26 bits per heavy atom. The molecule has 104 valence electrons. The first-order chi connectivity index (χ1) is 9.20. The molecule has 0 N–H and O–H groups in total. The third-order valence-corrected chi connectivity index (χ3v) is 3.84. The van der Waals surface area contributed by atoms with Gasteiger partial charge >= 0.3 is 0 Å². The summed E-state index contributed by atoms with van der Waals surface area (Å²) in [4.78, 5) is 14.4. The number of ketones is 1. The van der Waals surface area contributed by atoms with E-state index in [0.29, 0.717) is 23.1 Å². The molecular weight excluding hydrogens is 262 g/mol. The molecule has 1 saturated heterocycles. The van der Waals surface area contributed by atoms with E-state index in [0.717, 1.165) is 32.7 Å². The highest BCUT2D eigenvalue weighted by Crippen LogP contribution is 2.17. The molecule has 1 fully saturated rings. The van der Waals surface area contributed by atoms with Crippen LogP contribution in [0.25, 0.3) is 0 Å². The Bertz CT molecular complexity index is 436. The van der Waals surface area contributed by atoms with Crippen LogP contribution in [0.2, 0.25) is 5.02 Å². The molecule has 0 amide bonds. The molecular formula is C15H20ClNO2. The van der Waals surface area contributed by atoms with Crippen LogP contribution < -0.4 is 0 Å². The van der Waals surface area contributed by atoms with Crippen LogP contribution in [-0.4, -0.2) is 43.0 Å². The van der Waals surface area contributed by atoms with E-state index in [4.69, 9.17) is 16.3 Å². The standard InChI is InChI=1S/C15H20ClNO2/c1-2-12-11-17(9-10-19-12)8-7-15(18)13-5-3-4-6-14(13)16/h3-6,12H,2,7-11H2,1H3. The Morgan fingerprint density at radius 3 is 3.00 bits per heavy atom. The van der Waals surface area contributed by atoms with Gasteiger partial charge in [-0.3, -0.25) is 9.69 Å². The van der Waals surface area contributed by atoms with Gasteiger partial charge in [-0.05, 0) is 18.6 Å². The predicted molar refractivity (Wildman–Crippen MR) is 76.9 cm³/mol. The van der Waals surface area contributed by atoms with Gasteiger partial charge in [-0.1, -0.05) is 30.7 Å². The summed E-state index contributed by atoms with van der Waals surface area (Å²) < 4.78 is 5.62. The van der Waals surface area contributed by atoms with Gasteiger partial charge in [0.1, 0.15) is 0 Å². The maximum Gasteiger partial charge on any atom is 0.165 e. The van der Waals surface area contributed by atoms with Crippen molar-refractivity contribution in [1.82, 2.24) is 4.90 Å². The Kier molecular flexibility index (Phi) is 5.37. The van der Waals surface area contributed by atoms with E-state index >= 15 is 0 Å². The Hall–Kier alpha value is -0.900. The lowest BCUT2D eigenvalue weighted by Gasteiger charge is -2.32. The highest BCUT2D eigenvalue weighted by atomic mass is 35.5. The minimum absolute atomic E-state index is 0.116. The van der Waals surface area contributed by atoms with Crippen molar-refractivity contribution in [3.05, 3.63) is 34.9 Å². The molecule has 1 aliphatic heterocycles. The Morgan fingerprint density at radius 1 is 1.47 bits per heavy atom. The van der Waals surface area contributed by atoms with Crippen LogP contribution in [0.4, 0.5) is 0 Å². The average Bonchev–Trinajstić information content (AvgIpc) is 2.45. The molecule has 0 saturated carbocycles. The summed E-state index contributed by atoms with van der Waals surface area (Å²) in [6.45, 7) is 5.50. The molecule has 1 heterocycles. The third-order valence-electron chi connectivity index (χ3n) is 3.51. The van der Waals surface area contributed by atoms with Crippen molar-refractivity contribution in [2.24, 2.45) is 0 Å². The molecule has 1 aliphatic rings. The fourth-order valence-corrected chi connectivity index (χ4v) is 2.55. The lowest BCUT2D eigenvalue weighted by Crippen LogP contribution is -2.42. The van der Waals surface area contributed by atoms with Crippen LogP contribution in [0.15, 0.2) is 24.3 Å². The first-order valence-corrected chi connectivity index (χ1v) is 7.20. The topological polar surface area (TPSA) is 29.5 Å². The first-order valence-electron chi connectivity index (χ1n) is 6.82. The number of nitrogens with zero attached hydrogens (tertiary/aromatic N) is 1. The summed E-state index contributed by atoms with van der Waals surface area (Å²) in [5.74, 6) is 0.116. The van der Waals surface area contributed by atoms with Gasteiger partial charge in [-0.25, -0.2) is 0 Å². The summed E-state index contributed by atoms with van der Waals surface area (Å²) >= 11 is 6.03. The fraction of sp³-hybridized carbons (Fsp3) is 0.533. The number of carbonyl (C=O) groups excluding carboxylic acids is 1. The lowest BCUT2D eigenvalue weighted by atomic mass is 10.1. The number of hydrogen-bond donors (Lipinski definition) is 0. The quantitative estimate of drug-likeness (QED) is 0.777. The number of ether oxygens (including phenoxy) is 1. The van der Waals surface area contributed by atoms with Gasteiger partial charge in [0, 0.05) is 31.6 Å². The van der Waals surface area contributed by atoms with E-state index in [1.807, 2.05) is 12.1 Å². The molecule has 1 atom stereocenters. The zero-order valence-electron chi connectivity index (χ0n) is 11.3. The van der Waals surface area contributed by atoms with Crippen LogP contribution >= 0.6 is 11.6 Å². The van der Waals surface area contributed by atoms with E-state index in [1.54, 1.807) is 12.1 Å². The predicted octanol–water partition coefficient (Wildman–Crippen LogP) is 3.02. The molecule has 19 heavy (non-hydrogen) atoms. The van der Waals surface area contributed by atoms with E-state index in [1.165, 1.54) is 0 Å². The van der Waals surface area contributed by atoms with E-state index < -0.39 is 0 Å². The highest BCUT2D eigenvalue weighted by Gasteiger charge is 2.19. The minimum atomic E-state index is 0.116.